The summed E-state index contributed by atoms with van der Waals surface area (Å²) >= 11 is 0. The van der Waals surface area contributed by atoms with Gasteiger partial charge in [-0.3, -0.25) is 4.98 Å². The molecule has 1 aromatic rings. The number of aliphatic hydroxyl groups excluding tert-OH is 1. The zero-order valence-corrected chi connectivity index (χ0v) is 5.87. The molecule has 6 nitrogen and oxygen atoms in total. The highest BCUT2D eigenvalue weighted by Gasteiger charge is 2.07. The molecule has 62 valence electrons. The number of H-pyrrole nitrogens is 2. The quantitative estimate of drug-likeness (QED) is 0.428. The summed E-state index contributed by atoms with van der Waals surface area (Å²) in [4.78, 5) is 12.9. The summed E-state index contributed by atoms with van der Waals surface area (Å²) in [6.07, 6.45) is 0.390. The summed E-state index contributed by atoms with van der Waals surface area (Å²) in [5.41, 5.74) is 5.13. The van der Waals surface area contributed by atoms with Crippen molar-refractivity contribution >= 4 is 0 Å². The van der Waals surface area contributed by atoms with E-state index in [1.54, 1.807) is 0 Å². The van der Waals surface area contributed by atoms with Crippen molar-refractivity contribution in [3.05, 3.63) is 16.3 Å². The molecule has 0 bridgehead atoms. The molecule has 0 spiro atoms. The number of rotatable bonds is 3. The Morgan fingerprint density at radius 1 is 1.73 bits per heavy atom. The van der Waals surface area contributed by atoms with Crippen LogP contribution in [0.2, 0.25) is 0 Å². The minimum Gasteiger partial charge on any atom is -0.396 e. The molecule has 1 rings (SSSR count). The van der Waals surface area contributed by atoms with E-state index in [0.29, 0.717) is 12.2 Å². The van der Waals surface area contributed by atoms with Crippen molar-refractivity contribution in [1.82, 2.24) is 15.2 Å². The van der Waals surface area contributed by atoms with Gasteiger partial charge >= 0.3 is 5.69 Å². The van der Waals surface area contributed by atoms with Crippen molar-refractivity contribution in [2.45, 2.75) is 12.5 Å². The van der Waals surface area contributed by atoms with Crippen molar-refractivity contribution in [2.75, 3.05) is 6.61 Å². The van der Waals surface area contributed by atoms with Crippen LogP contribution in [-0.4, -0.2) is 26.9 Å². The van der Waals surface area contributed by atoms with E-state index in [-0.39, 0.29) is 12.3 Å². The monoisotopic (exact) mass is 158 g/mol. The van der Waals surface area contributed by atoms with Crippen LogP contribution in [0.5, 0.6) is 0 Å². The minimum atomic E-state index is -0.404. The molecule has 0 radical (unpaired) electrons. The number of aromatic amines is 2. The molecule has 0 aliphatic heterocycles. The van der Waals surface area contributed by atoms with Gasteiger partial charge in [-0.25, -0.2) is 9.89 Å². The Morgan fingerprint density at radius 3 is 2.91 bits per heavy atom. The molecule has 0 aliphatic rings. The molecule has 1 atom stereocenters. The molecule has 5 N–H and O–H groups in total. The van der Waals surface area contributed by atoms with Crippen LogP contribution in [-0.2, 0) is 0 Å². The van der Waals surface area contributed by atoms with Crippen LogP contribution < -0.4 is 11.4 Å². The Bertz CT molecular complexity index is 265. The average Bonchev–Trinajstić information content (AvgIpc) is 2.36. The third kappa shape index (κ3) is 1.89. The maximum Gasteiger partial charge on any atom is 0.340 e. The third-order valence-corrected chi connectivity index (χ3v) is 1.31. The van der Waals surface area contributed by atoms with Crippen LogP contribution in [0.15, 0.2) is 4.79 Å². The smallest absolute Gasteiger partial charge is 0.340 e. The van der Waals surface area contributed by atoms with Gasteiger partial charge < -0.3 is 10.8 Å². The first kappa shape index (κ1) is 7.96. The third-order valence-electron chi connectivity index (χ3n) is 1.31. The highest BCUT2D eigenvalue weighted by atomic mass is 16.3. The van der Waals surface area contributed by atoms with E-state index >= 15 is 0 Å². The van der Waals surface area contributed by atoms with Gasteiger partial charge in [0.2, 0.25) is 0 Å². The molecule has 0 fully saturated rings. The van der Waals surface area contributed by atoms with Crippen molar-refractivity contribution in [1.29, 1.82) is 0 Å². The lowest BCUT2D eigenvalue weighted by Crippen LogP contribution is -2.14. The van der Waals surface area contributed by atoms with Gasteiger partial charge in [-0.1, -0.05) is 0 Å². The van der Waals surface area contributed by atoms with Crippen LogP contribution in [0.3, 0.4) is 0 Å². The van der Waals surface area contributed by atoms with E-state index in [9.17, 15) is 4.79 Å². The number of hydrogen-bond donors (Lipinski definition) is 4. The van der Waals surface area contributed by atoms with Gasteiger partial charge in [0.25, 0.3) is 0 Å². The molecule has 1 heterocycles. The summed E-state index contributed by atoms with van der Waals surface area (Å²) in [7, 11) is 0. The molecule has 1 aromatic heterocycles. The largest absolute Gasteiger partial charge is 0.396 e. The Labute approximate surface area is 62.4 Å². The molecular weight excluding hydrogens is 148 g/mol. The molecule has 0 saturated carbocycles. The van der Waals surface area contributed by atoms with Crippen molar-refractivity contribution < 1.29 is 5.11 Å². The average molecular weight is 158 g/mol. The molecule has 0 aromatic carbocycles. The number of aliphatic hydroxyl groups is 1. The first-order valence-corrected chi connectivity index (χ1v) is 3.25. The maximum absolute atomic E-state index is 10.5. The van der Waals surface area contributed by atoms with E-state index in [4.69, 9.17) is 10.8 Å². The second kappa shape index (κ2) is 3.31. The minimum absolute atomic E-state index is 0.0178. The molecule has 11 heavy (non-hydrogen) atoms. The Morgan fingerprint density at radius 2 is 2.45 bits per heavy atom. The van der Waals surface area contributed by atoms with E-state index in [1.807, 2.05) is 0 Å². The van der Waals surface area contributed by atoms with Crippen LogP contribution in [0.25, 0.3) is 0 Å². The lowest BCUT2D eigenvalue weighted by Gasteiger charge is -2.03. The summed E-state index contributed by atoms with van der Waals surface area (Å²) in [6.45, 7) is -0.0178. The van der Waals surface area contributed by atoms with Crippen LogP contribution >= 0.6 is 0 Å². The zero-order chi connectivity index (χ0) is 8.27. The predicted octanol–water partition coefficient (Wildman–Crippen LogP) is -1.52. The number of nitrogens with two attached hydrogens (primary N) is 1. The van der Waals surface area contributed by atoms with Gasteiger partial charge in [0, 0.05) is 6.61 Å². The Hall–Kier alpha value is -1.14. The summed E-state index contributed by atoms with van der Waals surface area (Å²) in [5.74, 6) is 0.379. The van der Waals surface area contributed by atoms with Gasteiger partial charge in [-0.05, 0) is 6.42 Å². The second-order valence-corrected chi connectivity index (χ2v) is 2.18. The maximum atomic E-state index is 10.5. The van der Waals surface area contributed by atoms with Crippen LogP contribution in [0.4, 0.5) is 0 Å². The summed E-state index contributed by atoms with van der Waals surface area (Å²) in [6, 6.07) is -0.404. The van der Waals surface area contributed by atoms with E-state index in [0.717, 1.165) is 0 Å². The molecule has 1 unspecified atom stereocenters. The lowest BCUT2D eigenvalue weighted by atomic mass is 10.2. The van der Waals surface area contributed by atoms with Crippen LogP contribution in [0, 0.1) is 0 Å². The highest BCUT2D eigenvalue weighted by molar-refractivity contribution is 4.88. The molecule has 0 amide bonds. The van der Waals surface area contributed by atoms with E-state index in [1.165, 1.54) is 0 Å². The molecule has 0 aliphatic carbocycles. The van der Waals surface area contributed by atoms with Gasteiger partial charge in [0.05, 0.1) is 6.04 Å². The SMILES string of the molecule is NC(CCO)c1n[nH]c(=O)[nH]1. The van der Waals surface area contributed by atoms with Crippen molar-refractivity contribution in [2.24, 2.45) is 5.73 Å². The fourth-order valence-electron chi connectivity index (χ4n) is 0.735. The number of hydrogen-bond acceptors (Lipinski definition) is 4. The fourth-order valence-corrected chi connectivity index (χ4v) is 0.735. The first-order valence-electron chi connectivity index (χ1n) is 3.25. The standard InChI is InChI=1S/C5H10N4O2/c6-3(1-2-10)4-7-5(11)9-8-4/h3,10H,1-2,6H2,(H2,7,8,9,11). The van der Waals surface area contributed by atoms with Gasteiger partial charge in [-0.15, -0.1) is 0 Å². The topological polar surface area (TPSA) is 108 Å². The van der Waals surface area contributed by atoms with Crippen molar-refractivity contribution in [3.63, 3.8) is 0 Å². The predicted molar refractivity (Wildman–Crippen MR) is 37.8 cm³/mol. The number of nitrogens with zero attached hydrogens (tertiary/aromatic N) is 1. The highest BCUT2D eigenvalue weighted by Crippen LogP contribution is 2.03. The zero-order valence-electron chi connectivity index (χ0n) is 5.87. The lowest BCUT2D eigenvalue weighted by molar-refractivity contribution is 0.274. The van der Waals surface area contributed by atoms with Crippen LogP contribution in [0.1, 0.15) is 18.3 Å². The first-order chi connectivity index (χ1) is 5.24. The van der Waals surface area contributed by atoms with Gasteiger partial charge in [0.15, 0.2) is 0 Å². The van der Waals surface area contributed by atoms with Gasteiger partial charge in [0.1, 0.15) is 5.82 Å². The Kier molecular flexibility index (Phi) is 2.40. The summed E-state index contributed by atoms with van der Waals surface area (Å²) in [5, 5.41) is 14.3. The van der Waals surface area contributed by atoms with E-state index in [2.05, 4.69) is 15.2 Å². The number of aromatic nitrogens is 3. The van der Waals surface area contributed by atoms with E-state index < -0.39 is 6.04 Å². The molecule has 6 heteroatoms. The second-order valence-electron chi connectivity index (χ2n) is 2.18. The molecular formula is C5H10N4O2. The fraction of sp³-hybridized carbons (Fsp3) is 0.600. The number of nitrogens with one attached hydrogen (secondary N) is 2. The normalized spacial score (nSPS) is 13.3. The van der Waals surface area contributed by atoms with Gasteiger partial charge in [-0.2, -0.15) is 5.10 Å². The summed E-state index contributed by atoms with van der Waals surface area (Å²) < 4.78 is 0. The van der Waals surface area contributed by atoms with Crippen molar-refractivity contribution in [3.8, 4) is 0 Å². The Balaban J connectivity index is 2.68. The molecule has 0 saturated heterocycles.